The Balaban J connectivity index is 0.950. The summed E-state index contributed by atoms with van der Waals surface area (Å²) in [7, 11) is 0.824. The number of nitrogens with zero attached hydrogens (tertiary/aromatic N) is 1. The molecule has 2 amide bonds. The van der Waals surface area contributed by atoms with Crippen molar-refractivity contribution in [2.45, 2.75) is 88.4 Å². The van der Waals surface area contributed by atoms with Crippen molar-refractivity contribution in [3.63, 3.8) is 0 Å². The molecule has 0 heterocycles. The van der Waals surface area contributed by atoms with Gasteiger partial charge in [0.1, 0.15) is 46.0 Å². The number of benzene rings is 4. The molecule has 0 saturated heterocycles. The number of likely N-dealkylation sites (N-methyl/N-ethyl adjacent to an activating group) is 1. The van der Waals surface area contributed by atoms with Crippen molar-refractivity contribution in [1.29, 1.82) is 0 Å². The second-order valence-electron chi connectivity index (χ2n) is 18.1. The highest BCUT2D eigenvalue weighted by Crippen LogP contribution is 2.58. The Kier molecular flexibility index (Phi) is 15.3. The Labute approximate surface area is 405 Å². The van der Waals surface area contributed by atoms with E-state index in [9.17, 15) is 44.7 Å². The summed E-state index contributed by atoms with van der Waals surface area (Å²) >= 11 is 19.0. The molecular formula is C51H56Cl3N3O9P+. The van der Waals surface area contributed by atoms with Gasteiger partial charge in [-0.15, -0.1) is 0 Å². The lowest BCUT2D eigenvalue weighted by Gasteiger charge is -2.53. The maximum Gasteiger partial charge on any atom is 0.255 e. The molecule has 4 aromatic rings. The number of hydrogen-bond acceptors (Lipinski definition) is 10. The number of phenolic OH excluding ortho intramolecular Hbond substituents is 1. The molecule has 3 aliphatic carbocycles. The Morgan fingerprint density at radius 3 is 1.70 bits per heavy atom. The summed E-state index contributed by atoms with van der Waals surface area (Å²) in [4.78, 5) is 54.5. The normalized spacial score (nSPS) is 22.7. The molecule has 1 saturated carbocycles. The number of aliphatic hydroxyl groups excluding tert-OH is 3. The molecule has 7 rings (SSSR count). The van der Waals surface area contributed by atoms with E-state index in [1.54, 1.807) is 13.0 Å². The first kappa shape index (κ1) is 50.1. The van der Waals surface area contributed by atoms with E-state index in [4.69, 9.17) is 40.5 Å². The summed E-state index contributed by atoms with van der Waals surface area (Å²) in [6.07, 6.45) is 7.01. The Morgan fingerprint density at radius 1 is 0.746 bits per heavy atom. The van der Waals surface area contributed by atoms with Crippen LogP contribution in [0.3, 0.4) is 0 Å². The maximum atomic E-state index is 14.3. The highest BCUT2D eigenvalue weighted by molar-refractivity contribution is 7.95. The molecule has 354 valence electrons. The van der Waals surface area contributed by atoms with E-state index in [1.165, 1.54) is 41.0 Å². The topological polar surface area (TPSA) is 211 Å². The SMILES string of the molecule is C[C@H]1c2ccc(NC(=O)CCCCCCCCCC[P+](c3ccc(Cl)cc3)(c3ccc(Cl)cc3)c3ccc(Cl)cc3)c(O)c2C(O)=C2C(=O)[C@]3(O)C(O)=C(C(N)=O)C(=O)[C@@H](N(C)C)[C@@H]3[C@@H](O)[C@@H]21. The van der Waals surface area contributed by atoms with E-state index in [1.807, 2.05) is 36.4 Å². The molecule has 0 aliphatic heterocycles. The molecule has 16 heteroatoms. The number of carbonyl (C=O) groups is 4. The number of primary amides is 1. The zero-order valence-corrected chi connectivity index (χ0v) is 40.7. The van der Waals surface area contributed by atoms with Crippen LogP contribution in [-0.2, 0) is 19.2 Å². The number of Topliss-reactive ketones (excluding diaryl/α,β-unsaturated/α-hetero) is 2. The van der Waals surface area contributed by atoms with E-state index in [2.05, 4.69) is 41.7 Å². The fraction of sp³-hybridized carbons (Fsp3) is 0.373. The zero-order valence-electron chi connectivity index (χ0n) is 37.5. The van der Waals surface area contributed by atoms with Crippen LogP contribution in [0.2, 0.25) is 15.1 Å². The first-order chi connectivity index (χ1) is 31.9. The van der Waals surface area contributed by atoms with Crippen molar-refractivity contribution in [2.24, 2.45) is 17.6 Å². The molecule has 0 bridgehead atoms. The number of nitrogens with two attached hydrogens (primary N) is 1. The molecule has 1 fully saturated rings. The average molecular weight is 992 g/mol. The van der Waals surface area contributed by atoms with Gasteiger partial charge >= 0.3 is 0 Å². The quantitative estimate of drug-likeness (QED) is 0.0235. The second-order valence-corrected chi connectivity index (χ2v) is 23.0. The van der Waals surface area contributed by atoms with Crippen molar-refractivity contribution in [3.05, 3.63) is 128 Å². The number of unbranched alkanes of at least 4 members (excludes halogenated alkanes) is 7. The van der Waals surface area contributed by atoms with Gasteiger partial charge in [0.25, 0.3) is 5.91 Å². The highest BCUT2D eigenvalue weighted by Gasteiger charge is 2.68. The number of fused-ring (bicyclic) bond motifs is 3. The molecule has 8 N–H and O–H groups in total. The van der Waals surface area contributed by atoms with Crippen LogP contribution in [-0.4, -0.2) is 91.8 Å². The molecule has 12 nitrogen and oxygen atoms in total. The lowest BCUT2D eigenvalue weighted by Crippen LogP contribution is -2.70. The van der Waals surface area contributed by atoms with Crippen LogP contribution in [0.5, 0.6) is 5.75 Å². The van der Waals surface area contributed by atoms with Crippen LogP contribution in [0.15, 0.2) is 102 Å². The number of aliphatic hydroxyl groups is 4. The fourth-order valence-corrected chi connectivity index (χ4v) is 15.3. The summed E-state index contributed by atoms with van der Waals surface area (Å²) in [6, 6.07) is 26.1. The highest BCUT2D eigenvalue weighted by atomic mass is 35.5. The molecule has 0 aromatic heterocycles. The number of halogens is 3. The summed E-state index contributed by atoms with van der Waals surface area (Å²) in [5.74, 6) is -10.2. The van der Waals surface area contributed by atoms with Gasteiger partial charge in [0.05, 0.1) is 35.5 Å². The van der Waals surface area contributed by atoms with Crippen LogP contribution >= 0.6 is 42.1 Å². The minimum atomic E-state index is -3.02. The van der Waals surface area contributed by atoms with Gasteiger partial charge in [-0.3, -0.25) is 24.1 Å². The van der Waals surface area contributed by atoms with Crippen LogP contribution in [0.25, 0.3) is 5.76 Å². The number of phenols is 1. The molecule has 4 aromatic carbocycles. The van der Waals surface area contributed by atoms with Crippen molar-refractivity contribution < 1.29 is 44.7 Å². The number of hydrogen-bond donors (Lipinski definition) is 7. The smallest absolute Gasteiger partial charge is 0.255 e. The van der Waals surface area contributed by atoms with Crippen molar-refractivity contribution in [1.82, 2.24) is 4.90 Å². The maximum absolute atomic E-state index is 14.3. The Hall–Kier alpha value is -4.78. The molecule has 3 aliphatic rings. The third-order valence-electron chi connectivity index (χ3n) is 13.9. The number of ketones is 2. The van der Waals surface area contributed by atoms with E-state index in [0.717, 1.165) is 51.1 Å². The summed E-state index contributed by atoms with van der Waals surface area (Å²) < 4.78 is 0. The van der Waals surface area contributed by atoms with Crippen molar-refractivity contribution in [3.8, 4) is 5.75 Å². The third kappa shape index (κ3) is 9.27. The van der Waals surface area contributed by atoms with E-state index in [-0.39, 0.29) is 23.6 Å². The summed E-state index contributed by atoms with van der Waals surface area (Å²) in [5, 5.41) is 66.6. The van der Waals surface area contributed by atoms with Crippen LogP contribution in [0.1, 0.15) is 81.8 Å². The first-order valence-electron chi connectivity index (χ1n) is 22.5. The molecule has 6 atom stereocenters. The zero-order chi connectivity index (χ0) is 48.5. The molecule has 67 heavy (non-hydrogen) atoms. The van der Waals surface area contributed by atoms with Crippen molar-refractivity contribution in [2.75, 3.05) is 25.6 Å². The van der Waals surface area contributed by atoms with E-state index in [0.29, 0.717) is 27.1 Å². The Morgan fingerprint density at radius 2 is 1.22 bits per heavy atom. The van der Waals surface area contributed by atoms with Gasteiger partial charge in [-0.25, -0.2) is 0 Å². The molecule has 0 radical (unpaired) electrons. The van der Waals surface area contributed by atoms with Gasteiger partial charge in [0.2, 0.25) is 11.7 Å². The van der Waals surface area contributed by atoms with Crippen LogP contribution < -0.4 is 27.0 Å². The minimum Gasteiger partial charge on any atom is -0.508 e. The summed E-state index contributed by atoms with van der Waals surface area (Å²) in [6.45, 7) is 1.65. The molecular weight excluding hydrogens is 936 g/mol. The van der Waals surface area contributed by atoms with Crippen LogP contribution in [0.4, 0.5) is 5.69 Å². The minimum absolute atomic E-state index is 0.0220. The van der Waals surface area contributed by atoms with Gasteiger partial charge < -0.3 is 36.6 Å². The number of anilines is 1. The predicted octanol–water partition coefficient (Wildman–Crippen LogP) is 7.90. The number of amides is 2. The van der Waals surface area contributed by atoms with E-state index >= 15 is 0 Å². The fourth-order valence-electron chi connectivity index (χ4n) is 10.5. The van der Waals surface area contributed by atoms with Gasteiger partial charge in [0, 0.05) is 33.0 Å². The largest absolute Gasteiger partial charge is 0.508 e. The number of aromatic hydroxyl groups is 1. The lowest BCUT2D eigenvalue weighted by atomic mass is 9.54. The van der Waals surface area contributed by atoms with E-state index < -0.39 is 88.7 Å². The average Bonchev–Trinajstić information content (AvgIpc) is 3.28. The number of carbonyl (C=O) groups excluding carboxylic acids is 4. The monoisotopic (exact) mass is 990 g/mol. The lowest BCUT2D eigenvalue weighted by molar-refractivity contribution is -0.169. The Bertz CT molecular complexity index is 2510. The standard InChI is InChI=1S/C51H55Cl3N3O9P/c1-28-35-25-26-36(44(59)39(35)45(60)40-38(28)46(61)42-43(57(2)3)47(62)41(50(55)65)49(64)51(42,66)48(40)63)56-37(58)12-10-8-6-4-5-7-9-11-27-67(32-19-13-29(52)14-20-32,33-21-15-30(53)16-22-33)34-23-17-31(54)18-24-34/h13-26,28,38,42-43,46,61,66H,4-12,27H2,1-3H3,(H5-,55,56,58,59,60,62,63,64,65)/p+1/t28-,38+,42+,43-,46-,51-/m0/s1. The van der Waals surface area contributed by atoms with Crippen LogP contribution in [0, 0.1) is 11.8 Å². The van der Waals surface area contributed by atoms with Crippen molar-refractivity contribution >= 4 is 92.8 Å². The number of rotatable bonds is 17. The molecule has 0 unspecified atom stereocenters. The van der Waals surface area contributed by atoms with Gasteiger partial charge in [-0.1, -0.05) is 79.9 Å². The second kappa shape index (κ2) is 20.4. The third-order valence-corrected chi connectivity index (χ3v) is 19.1. The van der Waals surface area contributed by atoms with Gasteiger partial charge in [-0.2, -0.15) is 0 Å². The predicted molar refractivity (Wildman–Crippen MR) is 266 cm³/mol. The van der Waals surface area contributed by atoms with Gasteiger partial charge in [0.15, 0.2) is 11.4 Å². The number of nitrogens with one attached hydrogen (secondary N) is 1. The molecule has 0 spiro atoms. The first-order valence-corrected chi connectivity index (χ1v) is 25.6. The summed E-state index contributed by atoms with van der Waals surface area (Å²) in [5.41, 5.74) is 1.02. The van der Waals surface area contributed by atoms with Gasteiger partial charge in [-0.05, 0) is 124 Å².